The Kier molecular flexibility index (Phi) is 4.25. The first-order chi connectivity index (χ1) is 7.54. The normalized spacial score (nSPS) is 12.0. The molecule has 0 fully saturated rings. The van der Waals surface area contributed by atoms with Crippen LogP contribution in [0.1, 0.15) is 5.56 Å². The summed E-state index contributed by atoms with van der Waals surface area (Å²) in [5, 5.41) is 0. The van der Waals surface area contributed by atoms with Crippen LogP contribution in [0.4, 0.5) is 4.39 Å². The van der Waals surface area contributed by atoms with Crippen LogP contribution in [0.2, 0.25) is 0 Å². The summed E-state index contributed by atoms with van der Waals surface area (Å²) in [6, 6.07) is 3.59. The predicted octanol–water partition coefficient (Wildman–Crippen LogP) is 1.01. The van der Waals surface area contributed by atoms with Crippen LogP contribution in [-0.4, -0.2) is 25.7 Å². The Balaban J connectivity index is 2.55. The Morgan fingerprint density at radius 3 is 2.81 bits per heavy atom. The van der Waals surface area contributed by atoms with Gasteiger partial charge in [-0.25, -0.2) is 4.39 Å². The van der Waals surface area contributed by atoms with E-state index in [4.69, 9.17) is 10.5 Å². The number of esters is 1. The average molecular weight is 227 g/mol. The molecule has 1 rings (SSSR count). The van der Waals surface area contributed by atoms with Crippen molar-refractivity contribution in [2.45, 2.75) is 13.0 Å². The molecule has 1 aromatic carbocycles. The Morgan fingerprint density at radius 2 is 2.25 bits per heavy atom. The van der Waals surface area contributed by atoms with Crippen molar-refractivity contribution in [3.63, 3.8) is 0 Å². The summed E-state index contributed by atoms with van der Waals surface area (Å²) in [7, 11) is 1.24. The van der Waals surface area contributed by atoms with Gasteiger partial charge in [0.15, 0.2) is 0 Å². The van der Waals surface area contributed by atoms with E-state index in [2.05, 4.69) is 4.74 Å². The number of halogens is 1. The summed E-state index contributed by atoms with van der Waals surface area (Å²) >= 11 is 0. The summed E-state index contributed by atoms with van der Waals surface area (Å²) in [5.74, 6) is -0.584. The molecular weight excluding hydrogens is 213 g/mol. The molecule has 88 valence electrons. The fourth-order valence-electron chi connectivity index (χ4n) is 1.07. The third-order valence-corrected chi connectivity index (χ3v) is 2.08. The number of rotatable bonds is 4. The highest BCUT2D eigenvalue weighted by molar-refractivity contribution is 5.75. The van der Waals surface area contributed by atoms with Crippen molar-refractivity contribution in [3.05, 3.63) is 29.6 Å². The first-order valence-corrected chi connectivity index (χ1v) is 4.77. The largest absolute Gasteiger partial charge is 0.491 e. The number of nitrogens with two attached hydrogens (primary N) is 1. The van der Waals surface area contributed by atoms with Gasteiger partial charge in [0.25, 0.3) is 0 Å². The van der Waals surface area contributed by atoms with Crippen LogP contribution in [0.3, 0.4) is 0 Å². The number of hydrogen-bond donors (Lipinski definition) is 1. The minimum Gasteiger partial charge on any atom is -0.491 e. The molecular formula is C11H14FNO3. The summed E-state index contributed by atoms with van der Waals surface area (Å²) in [6.07, 6.45) is 0. The maximum atomic E-state index is 13.1. The topological polar surface area (TPSA) is 61.5 Å². The molecule has 0 saturated heterocycles. The highest BCUT2D eigenvalue weighted by Crippen LogP contribution is 2.15. The molecule has 5 heteroatoms. The fraction of sp³-hybridized carbons (Fsp3) is 0.364. The first kappa shape index (κ1) is 12.4. The van der Waals surface area contributed by atoms with Crippen molar-refractivity contribution in [1.29, 1.82) is 0 Å². The van der Waals surface area contributed by atoms with Crippen LogP contribution in [0, 0.1) is 12.7 Å². The van der Waals surface area contributed by atoms with Crippen LogP contribution >= 0.6 is 0 Å². The third-order valence-electron chi connectivity index (χ3n) is 2.08. The standard InChI is InChI=1S/C11H14FNO3/c1-7-3-4-8(5-9(7)12)16-6-10(13)11(14)15-2/h3-5,10H,6,13H2,1-2H3. The predicted molar refractivity (Wildman–Crippen MR) is 56.6 cm³/mol. The minimum atomic E-state index is -0.866. The van der Waals surface area contributed by atoms with Crippen molar-refractivity contribution < 1.29 is 18.7 Å². The van der Waals surface area contributed by atoms with Crippen LogP contribution in [0.15, 0.2) is 18.2 Å². The summed E-state index contributed by atoms with van der Waals surface area (Å²) in [6.45, 7) is 1.61. The second kappa shape index (κ2) is 5.46. The van der Waals surface area contributed by atoms with E-state index < -0.39 is 12.0 Å². The van der Waals surface area contributed by atoms with E-state index in [1.54, 1.807) is 19.1 Å². The molecule has 0 aliphatic rings. The van der Waals surface area contributed by atoms with Gasteiger partial charge in [-0.3, -0.25) is 4.79 Å². The van der Waals surface area contributed by atoms with E-state index in [1.807, 2.05) is 0 Å². The molecule has 0 saturated carbocycles. The second-order valence-corrected chi connectivity index (χ2v) is 3.35. The molecule has 16 heavy (non-hydrogen) atoms. The van der Waals surface area contributed by atoms with Gasteiger partial charge in [0, 0.05) is 6.07 Å². The quantitative estimate of drug-likeness (QED) is 0.780. The monoisotopic (exact) mass is 227 g/mol. The third kappa shape index (κ3) is 3.20. The number of carbonyl (C=O) groups excluding carboxylic acids is 1. The molecule has 1 unspecified atom stereocenters. The fourth-order valence-corrected chi connectivity index (χ4v) is 1.07. The van der Waals surface area contributed by atoms with Gasteiger partial charge in [-0.2, -0.15) is 0 Å². The van der Waals surface area contributed by atoms with Gasteiger partial charge in [-0.15, -0.1) is 0 Å². The molecule has 0 bridgehead atoms. The SMILES string of the molecule is COC(=O)C(N)COc1ccc(C)c(F)c1. The zero-order valence-corrected chi connectivity index (χ0v) is 9.20. The number of methoxy groups -OCH3 is 1. The van der Waals surface area contributed by atoms with Crippen LogP contribution in [-0.2, 0) is 9.53 Å². The lowest BCUT2D eigenvalue weighted by atomic mass is 10.2. The van der Waals surface area contributed by atoms with E-state index in [1.165, 1.54) is 13.2 Å². The zero-order valence-electron chi connectivity index (χ0n) is 9.20. The Hall–Kier alpha value is -1.62. The van der Waals surface area contributed by atoms with E-state index in [0.29, 0.717) is 11.3 Å². The van der Waals surface area contributed by atoms with Gasteiger partial charge in [0.1, 0.15) is 24.2 Å². The molecule has 1 atom stereocenters. The van der Waals surface area contributed by atoms with Crippen molar-refractivity contribution >= 4 is 5.97 Å². The lowest BCUT2D eigenvalue weighted by molar-refractivity contribution is -0.142. The average Bonchev–Trinajstić information content (AvgIpc) is 2.29. The molecule has 0 aromatic heterocycles. The van der Waals surface area contributed by atoms with Crippen LogP contribution in [0.25, 0.3) is 0 Å². The van der Waals surface area contributed by atoms with Gasteiger partial charge in [0.05, 0.1) is 7.11 Å². The molecule has 0 amide bonds. The number of benzene rings is 1. The highest BCUT2D eigenvalue weighted by Gasteiger charge is 2.14. The van der Waals surface area contributed by atoms with Crippen molar-refractivity contribution in [1.82, 2.24) is 0 Å². The number of ether oxygens (including phenoxy) is 2. The van der Waals surface area contributed by atoms with Gasteiger partial charge in [-0.05, 0) is 18.6 Å². The van der Waals surface area contributed by atoms with E-state index in [0.717, 1.165) is 0 Å². The molecule has 0 heterocycles. The molecule has 4 nitrogen and oxygen atoms in total. The minimum absolute atomic E-state index is 0.0465. The van der Waals surface area contributed by atoms with E-state index in [9.17, 15) is 9.18 Å². The molecule has 2 N–H and O–H groups in total. The summed E-state index contributed by atoms with van der Waals surface area (Å²) < 4.78 is 22.7. The van der Waals surface area contributed by atoms with E-state index >= 15 is 0 Å². The van der Waals surface area contributed by atoms with Gasteiger partial charge in [-0.1, -0.05) is 6.07 Å². The first-order valence-electron chi connectivity index (χ1n) is 4.77. The molecule has 1 aromatic rings. The van der Waals surface area contributed by atoms with Gasteiger partial charge >= 0.3 is 5.97 Å². The Bertz CT molecular complexity index is 381. The van der Waals surface area contributed by atoms with Gasteiger partial charge in [0.2, 0.25) is 0 Å². The molecule has 0 radical (unpaired) electrons. The van der Waals surface area contributed by atoms with Crippen LogP contribution in [0.5, 0.6) is 5.75 Å². The molecule has 0 aliphatic carbocycles. The lowest BCUT2D eigenvalue weighted by Crippen LogP contribution is -2.37. The zero-order chi connectivity index (χ0) is 12.1. The van der Waals surface area contributed by atoms with Crippen LogP contribution < -0.4 is 10.5 Å². The Labute approximate surface area is 93.2 Å². The Morgan fingerprint density at radius 1 is 1.56 bits per heavy atom. The smallest absolute Gasteiger partial charge is 0.326 e. The molecule has 0 spiro atoms. The summed E-state index contributed by atoms with van der Waals surface area (Å²) in [4.78, 5) is 11.0. The maximum absolute atomic E-state index is 13.1. The summed E-state index contributed by atoms with van der Waals surface area (Å²) in [5.41, 5.74) is 5.98. The maximum Gasteiger partial charge on any atom is 0.326 e. The van der Waals surface area contributed by atoms with Gasteiger partial charge < -0.3 is 15.2 Å². The van der Waals surface area contributed by atoms with Crippen molar-refractivity contribution in [3.8, 4) is 5.75 Å². The number of hydrogen-bond acceptors (Lipinski definition) is 4. The number of aryl methyl sites for hydroxylation is 1. The van der Waals surface area contributed by atoms with E-state index in [-0.39, 0.29) is 12.4 Å². The highest BCUT2D eigenvalue weighted by atomic mass is 19.1. The van der Waals surface area contributed by atoms with Crippen molar-refractivity contribution in [2.75, 3.05) is 13.7 Å². The second-order valence-electron chi connectivity index (χ2n) is 3.35. The lowest BCUT2D eigenvalue weighted by Gasteiger charge is -2.11. The van der Waals surface area contributed by atoms with Crippen molar-refractivity contribution in [2.24, 2.45) is 5.73 Å². The number of carbonyl (C=O) groups is 1. The molecule has 0 aliphatic heterocycles.